The number of aliphatic imine (C=N–C) groups is 1. The highest BCUT2D eigenvalue weighted by Gasteiger charge is 2.19. The summed E-state index contributed by atoms with van der Waals surface area (Å²) in [5.41, 5.74) is 5.78. The van der Waals surface area contributed by atoms with Crippen molar-refractivity contribution in [2.45, 2.75) is 12.3 Å². The molecule has 0 spiro atoms. The number of hydrogen-bond donors (Lipinski definition) is 0. The normalized spacial score (nSPS) is 15.6. The first kappa shape index (κ1) is 19.1. The fourth-order valence-electron chi connectivity index (χ4n) is 5.19. The molecule has 0 bridgehead atoms. The third kappa shape index (κ3) is 2.85. The van der Waals surface area contributed by atoms with Crippen LogP contribution in [0.3, 0.4) is 0 Å². The molecule has 4 heterocycles. The highest BCUT2D eigenvalue weighted by Crippen LogP contribution is 2.38. The number of rotatable bonds is 3. The molecule has 0 amide bonds. The molecule has 3 aromatic carbocycles. The molecule has 0 N–H and O–H groups in total. The summed E-state index contributed by atoms with van der Waals surface area (Å²) in [6.45, 7) is 0. The zero-order chi connectivity index (χ0) is 22.5. The fraction of sp³-hybridized carbons (Fsp3) is 0.0667. The summed E-state index contributed by atoms with van der Waals surface area (Å²) < 4.78 is 4.60. The average molecular weight is 439 g/mol. The van der Waals surface area contributed by atoms with Gasteiger partial charge in [-0.3, -0.25) is 9.56 Å². The predicted molar refractivity (Wildman–Crippen MR) is 140 cm³/mol. The summed E-state index contributed by atoms with van der Waals surface area (Å²) in [5.74, 6) is 1.20. The first-order valence-electron chi connectivity index (χ1n) is 11.6. The average Bonchev–Trinajstić information content (AvgIpc) is 3.49. The first-order chi connectivity index (χ1) is 16.9. The van der Waals surface area contributed by atoms with Crippen LogP contribution in [0.15, 0.2) is 114 Å². The van der Waals surface area contributed by atoms with Gasteiger partial charge in [0.1, 0.15) is 5.82 Å². The Balaban J connectivity index is 1.54. The lowest BCUT2D eigenvalue weighted by molar-refractivity contribution is 0.834. The van der Waals surface area contributed by atoms with Gasteiger partial charge in [0.2, 0.25) is 0 Å². The molecule has 1 aliphatic heterocycles. The molecule has 34 heavy (non-hydrogen) atoms. The number of allylic oxidation sites excluding steroid dienone is 1. The van der Waals surface area contributed by atoms with Crippen molar-refractivity contribution in [3.63, 3.8) is 0 Å². The van der Waals surface area contributed by atoms with E-state index >= 15 is 0 Å². The van der Waals surface area contributed by atoms with E-state index in [0.29, 0.717) is 0 Å². The lowest BCUT2D eigenvalue weighted by Gasteiger charge is -2.14. The van der Waals surface area contributed by atoms with Gasteiger partial charge in [-0.25, -0.2) is 4.98 Å². The minimum atomic E-state index is 0.257. The van der Waals surface area contributed by atoms with Crippen molar-refractivity contribution in [1.82, 2.24) is 14.1 Å². The molecule has 0 saturated heterocycles. The summed E-state index contributed by atoms with van der Waals surface area (Å²) in [4.78, 5) is 9.35. The van der Waals surface area contributed by atoms with Crippen LogP contribution in [0.25, 0.3) is 44.2 Å². The van der Waals surface area contributed by atoms with Gasteiger partial charge in [0.05, 0.1) is 22.2 Å². The Morgan fingerprint density at radius 2 is 1.65 bits per heavy atom. The fourth-order valence-corrected chi connectivity index (χ4v) is 5.19. The van der Waals surface area contributed by atoms with E-state index in [1.807, 2.05) is 12.4 Å². The summed E-state index contributed by atoms with van der Waals surface area (Å²) in [5, 5.41) is 3.71. The minimum absolute atomic E-state index is 0.257. The molecule has 4 nitrogen and oxygen atoms in total. The van der Waals surface area contributed by atoms with E-state index in [4.69, 9.17) is 4.98 Å². The van der Waals surface area contributed by atoms with Crippen molar-refractivity contribution in [1.29, 1.82) is 0 Å². The molecule has 0 fully saturated rings. The maximum Gasteiger partial charge on any atom is 0.137 e. The molecule has 1 aliphatic rings. The van der Waals surface area contributed by atoms with E-state index < -0.39 is 0 Å². The Bertz CT molecular complexity index is 1730. The minimum Gasteiger partial charge on any atom is -0.316 e. The van der Waals surface area contributed by atoms with E-state index in [1.54, 1.807) is 0 Å². The number of nitrogens with zero attached hydrogens (tertiary/aromatic N) is 4. The smallest absolute Gasteiger partial charge is 0.137 e. The molecule has 0 radical (unpaired) electrons. The summed E-state index contributed by atoms with van der Waals surface area (Å²) in [6, 6.07) is 32.2. The predicted octanol–water partition coefficient (Wildman–Crippen LogP) is 7.19. The second-order valence-electron chi connectivity index (χ2n) is 8.71. The Kier molecular flexibility index (Phi) is 4.24. The van der Waals surface area contributed by atoms with Crippen LogP contribution in [0.5, 0.6) is 0 Å². The number of aromatic nitrogens is 3. The Hall–Kier alpha value is -4.44. The van der Waals surface area contributed by atoms with Crippen molar-refractivity contribution < 1.29 is 0 Å². The van der Waals surface area contributed by atoms with Crippen LogP contribution >= 0.6 is 0 Å². The summed E-state index contributed by atoms with van der Waals surface area (Å²) in [7, 11) is 0. The molecule has 162 valence electrons. The Morgan fingerprint density at radius 3 is 2.53 bits per heavy atom. The summed E-state index contributed by atoms with van der Waals surface area (Å²) >= 11 is 0. The summed E-state index contributed by atoms with van der Waals surface area (Å²) in [6.07, 6.45) is 9.02. The zero-order valence-electron chi connectivity index (χ0n) is 18.5. The van der Waals surface area contributed by atoms with Gasteiger partial charge < -0.3 is 4.57 Å². The molecule has 3 aromatic heterocycles. The maximum atomic E-state index is 5.13. The Morgan fingerprint density at radius 1 is 0.765 bits per heavy atom. The SMILES string of the molecule is C1=CC(c2cccc(-n3c4ccccc4c4c5c(ccc43)ccn5-c3ccccc3)n2)CC=N1. The van der Waals surface area contributed by atoms with Crippen LogP contribution in [0.2, 0.25) is 0 Å². The number of fused-ring (bicyclic) bond motifs is 5. The van der Waals surface area contributed by atoms with Crippen LogP contribution in [0, 0.1) is 0 Å². The van der Waals surface area contributed by atoms with Gasteiger partial charge in [-0.1, -0.05) is 54.6 Å². The molecule has 7 rings (SSSR count). The molecule has 6 aromatic rings. The van der Waals surface area contributed by atoms with Crippen molar-refractivity contribution in [3.05, 3.63) is 115 Å². The van der Waals surface area contributed by atoms with Crippen LogP contribution < -0.4 is 0 Å². The second kappa shape index (κ2) is 7.56. The van der Waals surface area contributed by atoms with Gasteiger partial charge in [0, 0.05) is 46.4 Å². The topological polar surface area (TPSA) is 35.1 Å². The van der Waals surface area contributed by atoms with Gasteiger partial charge >= 0.3 is 0 Å². The molecule has 1 atom stereocenters. The largest absolute Gasteiger partial charge is 0.316 e. The van der Waals surface area contributed by atoms with E-state index in [0.717, 1.165) is 34.7 Å². The lowest BCUT2D eigenvalue weighted by atomic mass is 10.00. The van der Waals surface area contributed by atoms with Crippen LogP contribution in [0.1, 0.15) is 18.0 Å². The number of pyridine rings is 1. The highest BCUT2D eigenvalue weighted by atomic mass is 15.1. The van der Waals surface area contributed by atoms with Crippen molar-refractivity contribution >= 4 is 38.9 Å². The molecule has 4 heteroatoms. The molecular weight excluding hydrogens is 416 g/mol. The third-order valence-electron chi connectivity index (χ3n) is 6.75. The van der Waals surface area contributed by atoms with Gasteiger partial charge in [-0.05, 0) is 48.9 Å². The lowest BCUT2D eigenvalue weighted by Crippen LogP contribution is -2.05. The van der Waals surface area contributed by atoms with Crippen molar-refractivity contribution in [3.8, 4) is 11.5 Å². The number of benzene rings is 3. The molecule has 0 saturated carbocycles. The van der Waals surface area contributed by atoms with E-state index in [2.05, 4.69) is 117 Å². The van der Waals surface area contributed by atoms with Crippen LogP contribution in [-0.4, -0.2) is 20.3 Å². The van der Waals surface area contributed by atoms with Gasteiger partial charge in [0.15, 0.2) is 0 Å². The maximum absolute atomic E-state index is 5.13. The van der Waals surface area contributed by atoms with Crippen LogP contribution in [-0.2, 0) is 0 Å². The first-order valence-corrected chi connectivity index (χ1v) is 11.6. The second-order valence-corrected chi connectivity index (χ2v) is 8.71. The monoisotopic (exact) mass is 438 g/mol. The Labute approximate surface area is 197 Å². The number of para-hydroxylation sites is 2. The van der Waals surface area contributed by atoms with Gasteiger partial charge in [-0.2, -0.15) is 0 Å². The van der Waals surface area contributed by atoms with Gasteiger partial charge in [0.25, 0.3) is 0 Å². The molecule has 1 unspecified atom stereocenters. The van der Waals surface area contributed by atoms with Gasteiger partial charge in [-0.15, -0.1) is 0 Å². The third-order valence-corrected chi connectivity index (χ3v) is 6.75. The van der Waals surface area contributed by atoms with E-state index in [1.165, 1.54) is 21.7 Å². The molecule has 0 aliphatic carbocycles. The van der Waals surface area contributed by atoms with Crippen molar-refractivity contribution in [2.24, 2.45) is 4.99 Å². The molecular formula is C30H22N4. The van der Waals surface area contributed by atoms with E-state index in [9.17, 15) is 0 Å². The zero-order valence-corrected chi connectivity index (χ0v) is 18.5. The van der Waals surface area contributed by atoms with Crippen LogP contribution in [0.4, 0.5) is 0 Å². The highest BCUT2D eigenvalue weighted by molar-refractivity contribution is 6.20. The number of hydrogen-bond acceptors (Lipinski definition) is 2. The standard InChI is InChI=1S/C30H22N4/c1-2-7-23(8-3-1)33-20-17-22-13-14-27-29(30(22)33)24-9-4-5-11-26(24)34(27)28-12-6-10-25(32-28)21-15-18-31-19-16-21/h1-15,17-21H,16H2. The van der Waals surface area contributed by atoms with E-state index in [-0.39, 0.29) is 5.92 Å². The van der Waals surface area contributed by atoms with Crippen molar-refractivity contribution in [2.75, 3.05) is 0 Å². The quantitative estimate of drug-likeness (QED) is 0.288.